The Balaban J connectivity index is 2.03. The van der Waals surface area contributed by atoms with Crippen molar-refractivity contribution in [1.82, 2.24) is 14.2 Å². The molecule has 2 N–H and O–H groups in total. The van der Waals surface area contributed by atoms with Gasteiger partial charge in [-0.25, -0.2) is 4.52 Å². The molecule has 2 heterocycles. The van der Waals surface area contributed by atoms with Crippen LogP contribution in [-0.4, -0.2) is 14.2 Å². The lowest BCUT2D eigenvalue weighted by Gasteiger charge is -2.06. The molecule has 0 fully saturated rings. The van der Waals surface area contributed by atoms with Gasteiger partial charge in [0.05, 0.1) is 12.2 Å². The van der Waals surface area contributed by atoms with Gasteiger partial charge in [0.25, 0.3) is 5.56 Å². The Labute approximate surface area is 109 Å². The topological polar surface area (TPSA) is 65.3 Å². The van der Waals surface area contributed by atoms with Crippen LogP contribution in [0.25, 0.3) is 5.52 Å². The van der Waals surface area contributed by atoms with E-state index < -0.39 is 0 Å². The molecule has 0 spiro atoms. The maximum atomic E-state index is 12.3. The summed E-state index contributed by atoms with van der Waals surface area (Å²) in [5, 5.41) is 4.22. The van der Waals surface area contributed by atoms with Gasteiger partial charge in [-0.3, -0.25) is 4.79 Å². The fourth-order valence-electron chi connectivity index (χ4n) is 2.09. The van der Waals surface area contributed by atoms with Crippen molar-refractivity contribution in [2.45, 2.75) is 13.5 Å². The van der Waals surface area contributed by atoms with E-state index in [4.69, 9.17) is 5.73 Å². The molecule has 0 radical (unpaired) electrons. The van der Waals surface area contributed by atoms with Crippen LogP contribution in [0, 0.1) is 6.92 Å². The van der Waals surface area contributed by atoms with Gasteiger partial charge >= 0.3 is 0 Å². The summed E-state index contributed by atoms with van der Waals surface area (Å²) in [7, 11) is 0. The van der Waals surface area contributed by atoms with Crippen molar-refractivity contribution in [2.24, 2.45) is 0 Å². The summed E-state index contributed by atoms with van der Waals surface area (Å²) < 4.78 is 3.28. The van der Waals surface area contributed by atoms with Crippen LogP contribution in [0.4, 0.5) is 5.69 Å². The summed E-state index contributed by atoms with van der Waals surface area (Å²) in [6.07, 6.45) is 3.54. The minimum atomic E-state index is -0.0417. The van der Waals surface area contributed by atoms with E-state index in [1.807, 2.05) is 31.2 Å². The quantitative estimate of drug-likeness (QED) is 0.704. The van der Waals surface area contributed by atoms with E-state index in [2.05, 4.69) is 5.10 Å². The molecule has 2 aromatic heterocycles. The number of nitrogens with two attached hydrogens (primary N) is 1. The zero-order valence-corrected chi connectivity index (χ0v) is 10.6. The molecule has 1 aromatic carbocycles. The Bertz CT molecular complexity index is 783. The van der Waals surface area contributed by atoms with Crippen molar-refractivity contribution in [3.8, 4) is 0 Å². The second-order valence-corrected chi connectivity index (χ2v) is 4.59. The lowest BCUT2D eigenvalue weighted by molar-refractivity contribution is 0.742. The molecule has 0 atom stereocenters. The predicted octanol–water partition coefficient (Wildman–Crippen LogP) is 1.43. The molecule has 0 aliphatic carbocycles. The smallest absolute Gasteiger partial charge is 0.276 e. The van der Waals surface area contributed by atoms with Gasteiger partial charge < -0.3 is 10.3 Å². The number of anilines is 1. The van der Waals surface area contributed by atoms with Crippen LogP contribution in [0.2, 0.25) is 0 Å². The molecule has 5 heteroatoms. The lowest BCUT2D eigenvalue weighted by Crippen LogP contribution is -2.21. The number of fused-ring (bicyclic) bond motifs is 1. The zero-order valence-electron chi connectivity index (χ0n) is 10.6. The molecule has 0 aliphatic rings. The summed E-state index contributed by atoms with van der Waals surface area (Å²) in [5.41, 5.74) is 8.79. The van der Waals surface area contributed by atoms with Crippen molar-refractivity contribution in [2.75, 3.05) is 5.73 Å². The summed E-state index contributed by atoms with van der Waals surface area (Å²) in [5.74, 6) is 0. The maximum Gasteiger partial charge on any atom is 0.276 e. The summed E-state index contributed by atoms with van der Waals surface area (Å²) in [4.78, 5) is 12.3. The Kier molecular flexibility index (Phi) is 2.59. The van der Waals surface area contributed by atoms with E-state index in [0.717, 1.165) is 16.9 Å². The summed E-state index contributed by atoms with van der Waals surface area (Å²) in [6, 6.07) is 9.31. The Morgan fingerprint density at radius 2 is 1.95 bits per heavy atom. The molecule has 0 bridgehead atoms. The molecule has 19 heavy (non-hydrogen) atoms. The SMILES string of the molecule is Cc1cc2c(=O)n(Cc3ccc(N)cc3)ccn2n1. The molecule has 3 aromatic rings. The van der Waals surface area contributed by atoms with Crippen molar-refractivity contribution < 1.29 is 0 Å². The van der Waals surface area contributed by atoms with Crippen LogP contribution in [0.5, 0.6) is 0 Å². The van der Waals surface area contributed by atoms with E-state index in [9.17, 15) is 4.79 Å². The van der Waals surface area contributed by atoms with Gasteiger partial charge in [0.2, 0.25) is 0 Å². The zero-order chi connectivity index (χ0) is 13.4. The highest BCUT2D eigenvalue weighted by Gasteiger charge is 2.05. The normalized spacial score (nSPS) is 11.0. The van der Waals surface area contributed by atoms with Gasteiger partial charge in [0, 0.05) is 18.1 Å². The lowest BCUT2D eigenvalue weighted by atomic mass is 10.2. The van der Waals surface area contributed by atoms with Crippen LogP contribution in [0.3, 0.4) is 0 Å². The number of rotatable bonds is 2. The number of benzene rings is 1. The van der Waals surface area contributed by atoms with Gasteiger partial charge in [0.15, 0.2) is 0 Å². The highest BCUT2D eigenvalue weighted by atomic mass is 16.1. The minimum absolute atomic E-state index is 0.0417. The maximum absolute atomic E-state index is 12.3. The van der Waals surface area contributed by atoms with Crippen LogP contribution >= 0.6 is 0 Å². The average molecular weight is 254 g/mol. The second-order valence-electron chi connectivity index (χ2n) is 4.59. The number of nitrogen functional groups attached to an aromatic ring is 1. The molecule has 0 amide bonds. The van der Waals surface area contributed by atoms with E-state index in [1.165, 1.54) is 0 Å². The molecule has 0 unspecified atom stereocenters. The first-order chi connectivity index (χ1) is 9.13. The number of hydrogen-bond acceptors (Lipinski definition) is 3. The van der Waals surface area contributed by atoms with Gasteiger partial charge in [0.1, 0.15) is 5.52 Å². The Morgan fingerprint density at radius 1 is 1.21 bits per heavy atom. The molecule has 96 valence electrons. The van der Waals surface area contributed by atoms with Crippen molar-refractivity contribution >= 4 is 11.2 Å². The van der Waals surface area contributed by atoms with E-state index in [1.54, 1.807) is 27.5 Å². The molecule has 0 saturated heterocycles. The highest BCUT2D eigenvalue weighted by molar-refractivity contribution is 5.45. The fourth-order valence-corrected chi connectivity index (χ4v) is 2.09. The number of aryl methyl sites for hydroxylation is 1. The third-order valence-corrected chi connectivity index (χ3v) is 3.06. The molecular formula is C14H14N4O. The highest BCUT2D eigenvalue weighted by Crippen LogP contribution is 2.07. The fraction of sp³-hybridized carbons (Fsp3) is 0.143. The van der Waals surface area contributed by atoms with Gasteiger partial charge in [-0.15, -0.1) is 0 Å². The molecule has 3 rings (SSSR count). The molecular weight excluding hydrogens is 240 g/mol. The van der Waals surface area contributed by atoms with Crippen molar-refractivity contribution in [1.29, 1.82) is 0 Å². The standard InChI is InChI=1S/C14H14N4O/c1-10-8-13-14(19)17(6-7-18(13)16-10)9-11-2-4-12(15)5-3-11/h2-8H,9,15H2,1H3. The van der Waals surface area contributed by atoms with Crippen molar-refractivity contribution in [3.63, 3.8) is 0 Å². The number of hydrogen-bond donors (Lipinski definition) is 1. The van der Waals surface area contributed by atoms with Gasteiger partial charge in [-0.2, -0.15) is 5.10 Å². The number of aromatic nitrogens is 3. The summed E-state index contributed by atoms with van der Waals surface area (Å²) >= 11 is 0. The third kappa shape index (κ3) is 2.10. The largest absolute Gasteiger partial charge is 0.399 e. The monoisotopic (exact) mass is 254 g/mol. The van der Waals surface area contributed by atoms with E-state index in [-0.39, 0.29) is 5.56 Å². The predicted molar refractivity (Wildman–Crippen MR) is 74.1 cm³/mol. The first kappa shape index (κ1) is 11.5. The molecule has 0 saturated carbocycles. The van der Waals surface area contributed by atoms with Crippen LogP contribution in [0.1, 0.15) is 11.3 Å². The minimum Gasteiger partial charge on any atom is -0.399 e. The summed E-state index contributed by atoms with van der Waals surface area (Å²) in [6.45, 7) is 2.40. The first-order valence-electron chi connectivity index (χ1n) is 6.03. The van der Waals surface area contributed by atoms with Gasteiger partial charge in [-0.1, -0.05) is 12.1 Å². The second kappa shape index (κ2) is 4.28. The Hall–Kier alpha value is -2.56. The van der Waals surface area contributed by atoms with Gasteiger partial charge in [-0.05, 0) is 30.7 Å². The third-order valence-electron chi connectivity index (χ3n) is 3.06. The van der Waals surface area contributed by atoms with Crippen LogP contribution in [0.15, 0.2) is 47.5 Å². The van der Waals surface area contributed by atoms with Crippen molar-refractivity contribution in [3.05, 3.63) is 64.3 Å². The first-order valence-corrected chi connectivity index (χ1v) is 6.03. The van der Waals surface area contributed by atoms with Crippen LogP contribution < -0.4 is 11.3 Å². The molecule has 0 aliphatic heterocycles. The number of nitrogens with zero attached hydrogens (tertiary/aromatic N) is 3. The Morgan fingerprint density at radius 3 is 2.68 bits per heavy atom. The van der Waals surface area contributed by atoms with E-state index >= 15 is 0 Å². The average Bonchev–Trinajstić information content (AvgIpc) is 2.77. The molecule has 5 nitrogen and oxygen atoms in total. The van der Waals surface area contributed by atoms with Crippen LogP contribution in [-0.2, 0) is 6.54 Å². The van der Waals surface area contributed by atoms with E-state index in [0.29, 0.717) is 12.1 Å².